The highest BCUT2D eigenvalue weighted by atomic mass is 16.5. The van der Waals surface area contributed by atoms with Crippen molar-refractivity contribution in [2.24, 2.45) is 5.92 Å². The van der Waals surface area contributed by atoms with Crippen LogP contribution in [0.3, 0.4) is 0 Å². The summed E-state index contributed by atoms with van der Waals surface area (Å²) in [6, 6.07) is 17.6. The van der Waals surface area contributed by atoms with Gasteiger partial charge in [-0.05, 0) is 50.1 Å². The SMILES string of the molecule is Cc1noc(C)c1COc1cccc(C(=O)N2CCOC[C@H](Cc3cccc4cccnc34)C2)c1. The van der Waals surface area contributed by atoms with Gasteiger partial charge in [0.25, 0.3) is 5.91 Å². The first-order chi connectivity index (χ1) is 17.1. The monoisotopic (exact) mass is 471 g/mol. The van der Waals surface area contributed by atoms with E-state index in [9.17, 15) is 4.79 Å². The van der Waals surface area contributed by atoms with Crippen LogP contribution in [0.25, 0.3) is 10.9 Å². The highest BCUT2D eigenvalue weighted by Gasteiger charge is 2.24. The van der Waals surface area contributed by atoms with E-state index in [1.165, 1.54) is 5.56 Å². The number of carbonyl (C=O) groups excluding carboxylic acids is 1. The Hall–Kier alpha value is -3.71. The molecule has 4 aromatic rings. The fourth-order valence-electron chi connectivity index (χ4n) is 4.60. The van der Waals surface area contributed by atoms with E-state index in [2.05, 4.69) is 34.4 Å². The maximum atomic E-state index is 13.4. The molecule has 0 aliphatic carbocycles. The number of benzene rings is 2. The van der Waals surface area contributed by atoms with Gasteiger partial charge in [-0.2, -0.15) is 0 Å². The quantitative estimate of drug-likeness (QED) is 0.404. The summed E-state index contributed by atoms with van der Waals surface area (Å²) in [6.07, 6.45) is 2.63. The predicted octanol–water partition coefficient (Wildman–Crippen LogP) is 4.75. The molecule has 1 saturated heterocycles. The van der Waals surface area contributed by atoms with Crippen molar-refractivity contribution in [2.75, 3.05) is 26.3 Å². The summed E-state index contributed by atoms with van der Waals surface area (Å²) in [6.45, 7) is 6.44. The van der Waals surface area contributed by atoms with Crippen LogP contribution in [0.5, 0.6) is 5.75 Å². The number of amides is 1. The summed E-state index contributed by atoms with van der Waals surface area (Å²) in [4.78, 5) is 19.9. The molecule has 1 atom stereocenters. The lowest BCUT2D eigenvalue weighted by atomic mass is 9.97. The molecule has 0 unspecified atom stereocenters. The van der Waals surface area contributed by atoms with E-state index in [0.29, 0.717) is 44.2 Å². The second kappa shape index (κ2) is 10.3. The van der Waals surface area contributed by atoms with Gasteiger partial charge in [-0.1, -0.05) is 35.5 Å². The van der Waals surface area contributed by atoms with Crippen LogP contribution in [-0.4, -0.2) is 47.3 Å². The largest absolute Gasteiger partial charge is 0.489 e. The summed E-state index contributed by atoms with van der Waals surface area (Å²) in [5.74, 6) is 1.55. The van der Waals surface area contributed by atoms with E-state index >= 15 is 0 Å². The molecular weight excluding hydrogens is 442 g/mol. The Balaban J connectivity index is 1.28. The highest BCUT2D eigenvalue weighted by Crippen LogP contribution is 2.23. The smallest absolute Gasteiger partial charge is 0.254 e. The van der Waals surface area contributed by atoms with Gasteiger partial charge < -0.3 is 18.9 Å². The molecule has 1 aliphatic rings. The first kappa shape index (κ1) is 23.1. The molecule has 180 valence electrons. The van der Waals surface area contributed by atoms with Crippen LogP contribution < -0.4 is 4.74 Å². The fraction of sp³-hybridized carbons (Fsp3) is 0.321. The van der Waals surface area contributed by atoms with E-state index < -0.39 is 0 Å². The molecule has 35 heavy (non-hydrogen) atoms. The van der Waals surface area contributed by atoms with Gasteiger partial charge in [0.15, 0.2) is 0 Å². The number of para-hydroxylation sites is 1. The number of rotatable bonds is 6. The lowest BCUT2D eigenvalue weighted by Crippen LogP contribution is -2.36. The van der Waals surface area contributed by atoms with Crippen LogP contribution in [0, 0.1) is 19.8 Å². The summed E-state index contributed by atoms with van der Waals surface area (Å²) in [7, 11) is 0. The number of nitrogens with zero attached hydrogens (tertiary/aromatic N) is 3. The molecule has 7 nitrogen and oxygen atoms in total. The third-order valence-electron chi connectivity index (χ3n) is 6.50. The average Bonchev–Trinajstić information content (AvgIpc) is 3.06. The molecule has 0 saturated carbocycles. The Morgan fingerprint density at radius 3 is 2.86 bits per heavy atom. The van der Waals surface area contributed by atoms with E-state index in [0.717, 1.165) is 34.3 Å². The van der Waals surface area contributed by atoms with Crippen molar-refractivity contribution >= 4 is 16.8 Å². The molecule has 0 N–H and O–H groups in total. The number of aryl methyl sites for hydroxylation is 2. The summed E-state index contributed by atoms with van der Waals surface area (Å²) >= 11 is 0. The van der Waals surface area contributed by atoms with Gasteiger partial charge in [0.1, 0.15) is 18.1 Å². The van der Waals surface area contributed by atoms with Crippen molar-refractivity contribution in [2.45, 2.75) is 26.9 Å². The third kappa shape index (κ3) is 5.20. The molecule has 1 aliphatic heterocycles. The molecule has 7 heteroatoms. The van der Waals surface area contributed by atoms with Crippen molar-refractivity contribution in [3.8, 4) is 5.75 Å². The van der Waals surface area contributed by atoms with Crippen LogP contribution >= 0.6 is 0 Å². The van der Waals surface area contributed by atoms with Crippen molar-refractivity contribution in [1.29, 1.82) is 0 Å². The van der Waals surface area contributed by atoms with Gasteiger partial charge in [0.2, 0.25) is 0 Å². The molecule has 3 heterocycles. The first-order valence-electron chi connectivity index (χ1n) is 11.9. The van der Waals surface area contributed by atoms with Crippen molar-refractivity contribution in [1.82, 2.24) is 15.0 Å². The topological polar surface area (TPSA) is 77.7 Å². The van der Waals surface area contributed by atoms with Gasteiger partial charge in [0, 0.05) is 36.2 Å². The van der Waals surface area contributed by atoms with E-state index in [-0.39, 0.29) is 11.8 Å². The van der Waals surface area contributed by atoms with Crippen molar-refractivity contribution < 1.29 is 18.8 Å². The maximum Gasteiger partial charge on any atom is 0.254 e. The second-order valence-electron chi connectivity index (χ2n) is 9.01. The Morgan fingerprint density at radius 1 is 1.14 bits per heavy atom. The van der Waals surface area contributed by atoms with Crippen molar-refractivity contribution in [3.05, 3.63) is 88.9 Å². The minimum atomic E-state index is -0.0145. The molecule has 1 amide bonds. The normalized spacial score (nSPS) is 16.3. The molecule has 1 fully saturated rings. The molecule has 2 aromatic carbocycles. The van der Waals surface area contributed by atoms with Crippen LogP contribution in [-0.2, 0) is 17.8 Å². The summed E-state index contributed by atoms with van der Waals surface area (Å²) < 4.78 is 17.0. The maximum absolute atomic E-state index is 13.4. The first-order valence-corrected chi connectivity index (χ1v) is 11.9. The Morgan fingerprint density at radius 2 is 2.00 bits per heavy atom. The van der Waals surface area contributed by atoms with Gasteiger partial charge in [-0.25, -0.2) is 0 Å². The standard InChI is InChI=1S/C28H29N3O4/c1-19-26(20(2)35-30-19)18-34-25-10-4-8-24(15-25)28(32)31-12-13-33-17-21(16-31)14-23-7-3-6-22-9-5-11-29-27(22)23/h3-11,15,21H,12-14,16-18H2,1-2H3/t21-/m1/s1. The van der Waals surface area contributed by atoms with Crippen molar-refractivity contribution in [3.63, 3.8) is 0 Å². The fourth-order valence-corrected chi connectivity index (χ4v) is 4.60. The van der Waals surface area contributed by atoms with Crippen LogP contribution in [0.2, 0.25) is 0 Å². The number of hydrogen-bond donors (Lipinski definition) is 0. The number of pyridine rings is 1. The van der Waals surface area contributed by atoms with E-state index in [1.54, 1.807) is 6.07 Å². The number of carbonyl (C=O) groups is 1. The number of aromatic nitrogens is 2. The van der Waals surface area contributed by atoms with Gasteiger partial charge in [-0.15, -0.1) is 0 Å². The van der Waals surface area contributed by atoms with Gasteiger partial charge >= 0.3 is 0 Å². The third-order valence-corrected chi connectivity index (χ3v) is 6.50. The highest BCUT2D eigenvalue weighted by molar-refractivity contribution is 5.94. The van der Waals surface area contributed by atoms with Crippen LogP contribution in [0.4, 0.5) is 0 Å². The molecule has 5 rings (SSSR count). The lowest BCUT2D eigenvalue weighted by molar-refractivity contribution is 0.0737. The molecule has 2 aromatic heterocycles. The van der Waals surface area contributed by atoms with Crippen LogP contribution in [0.1, 0.15) is 32.9 Å². The predicted molar refractivity (Wildman–Crippen MR) is 132 cm³/mol. The Labute approximate surface area is 204 Å². The zero-order chi connectivity index (χ0) is 24.2. The Bertz CT molecular complexity index is 1310. The number of ether oxygens (including phenoxy) is 2. The van der Waals surface area contributed by atoms with Gasteiger partial charge in [0.05, 0.1) is 30.0 Å². The lowest BCUT2D eigenvalue weighted by Gasteiger charge is -2.24. The molecule has 0 radical (unpaired) electrons. The molecule has 0 bridgehead atoms. The van der Waals surface area contributed by atoms with Gasteiger partial charge in [-0.3, -0.25) is 9.78 Å². The average molecular weight is 472 g/mol. The molecular formula is C28H29N3O4. The Kier molecular flexibility index (Phi) is 6.77. The molecule has 0 spiro atoms. The summed E-state index contributed by atoms with van der Waals surface area (Å²) in [5.41, 5.74) is 4.54. The zero-order valence-electron chi connectivity index (χ0n) is 20.1. The van der Waals surface area contributed by atoms with E-state index in [1.807, 2.05) is 49.2 Å². The van der Waals surface area contributed by atoms with E-state index in [4.69, 9.17) is 14.0 Å². The minimum absolute atomic E-state index is 0.0145. The summed E-state index contributed by atoms with van der Waals surface area (Å²) in [5, 5.41) is 5.09. The number of fused-ring (bicyclic) bond motifs is 1. The number of hydrogen-bond acceptors (Lipinski definition) is 6. The van der Waals surface area contributed by atoms with Crippen LogP contribution in [0.15, 0.2) is 65.3 Å². The zero-order valence-corrected chi connectivity index (χ0v) is 20.1. The minimum Gasteiger partial charge on any atom is -0.489 e. The second-order valence-corrected chi connectivity index (χ2v) is 9.01.